The van der Waals surface area contributed by atoms with E-state index in [-0.39, 0.29) is 6.10 Å². The second-order valence-electron chi connectivity index (χ2n) is 3.93. The third kappa shape index (κ3) is 2.63. The Hall–Kier alpha value is -0.300. The van der Waals surface area contributed by atoms with E-state index < -0.39 is 0 Å². The van der Waals surface area contributed by atoms with Crippen LogP contribution in [0, 0.1) is 11.8 Å². The lowest BCUT2D eigenvalue weighted by atomic mass is 9.88. The SMILES string of the molecule is CC[C@H](C)[C@H]1C=C[C@H](O)CCC1. The fourth-order valence-corrected chi connectivity index (χ4v) is 1.80. The largest absolute Gasteiger partial charge is 0.389 e. The van der Waals surface area contributed by atoms with Gasteiger partial charge in [0.15, 0.2) is 0 Å². The summed E-state index contributed by atoms with van der Waals surface area (Å²) in [6.45, 7) is 4.53. The van der Waals surface area contributed by atoms with Crippen LogP contribution in [0.1, 0.15) is 39.5 Å². The molecule has 1 nitrogen and oxygen atoms in total. The summed E-state index contributed by atoms with van der Waals surface area (Å²) in [6, 6.07) is 0. The van der Waals surface area contributed by atoms with Gasteiger partial charge in [0.2, 0.25) is 0 Å². The van der Waals surface area contributed by atoms with Crippen LogP contribution in [0.5, 0.6) is 0 Å². The molecule has 0 aromatic heterocycles. The van der Waals surface area contributed by atoms with Crippen molar-refractivity contribution in [2.75, 3.05) is 0 Å². The highest BCUT2D eigenvalue weighted by Gasteiger charge is 2.15. The van der Waals surface area contributed by atoms with E-state index in [4.69, 9.17) is 0 Å². The Kier molecular flexibility index (Phi) is 3.80. The first-order valence-corrected chi connectivity index (χ1v) is 5.10. The molecule has 0 aliphatic heterocycles. The highest BCUT2D eigenvalue weighted by atomic mass is 16.3. The lowest BCUT2D eigenvalue weighted by Crippen LogP contribution is -2.07. The first-order valence-electron chi connectivity index (χ1n) is 5.10. The van der Waals surface area contributed by atoms with E-state index in [0.717, 1.165) is 12.3 Å². The van der Waals surface area contributed by atoms with E-state index in [1.165, 1.54) is 19.3 Å². The van der Waals surface area contributed by atoms with Gasteiger partial charge in [-0.25, -0.2) is 0 Å². The van der Waals surface area contributed by atoms with E-state index in [0.29, 0.717) is 5.92 Å². The molecule has 70 valence electrons. The summed E-state index contributed by atoms with van der Waals surface area (Å²) in [4.78, 5) is 0. The molecule has 0 saturated carbocycles. The average molecular weight is 168 g/mol. The van der Waals surface area contributed by atoms with Gasteiger partial charge in [-0.15, -0.1) is 0 Å². The third-order valence-electron chi connectivity index (χ3n) is 2.99. The average Bonchev–Trinajstić information content (AvgIpc) is 2.29. The molecule has 12 heavy (non-hydrogen) atoms. The van der Waals surface area contributed by atoms with Gasteiger partial charge in [0.25, 0.3) is 0 Å². The molecule has 0 bridgehead atoms. The topological polar surface area (TPSA) is 20.2 Å². The van der Waals surface area contributed by atoms with Crippen LogP contribution in [0.15, 0.2) is 12.2 Å². The second kappa shape index (κ2) is 4.66. The monoisotopic (exact) mass is 168 g/mol. The minimum atomic E-state index is -0.181. The fraction of sp³-hybridized carbons (Fsp3) is 0.818. The molecule has 0 unspecified atom stereocenters. The van der Waals surface area contributed by atoms with E-state index >= 15 is 0 Å². The van der Waals surface area contributed by atoms with Crippen molar-refractivity contribution in [1.29, 1.82) is 0 Å². The number of hydrogen-bond donors (Lipinski definition) is 1. The molecule has 0 radical (unpaired) electrons. The molecule has 0 spiro atoms. The lowest BCUT2D eigenvalue weighted by Gasteiger charge is -2.17. The zero-order chi connectivity index (χ0) is 8.97. The Morgan fingerprint density at radius 1 is 1.42 bits per heavy atom. The van der Waals surface area contributed by atoms with Crippen molar-refractivity contribution in [1.82, 2.24) is 0 Å². The Bertz CT molecular complexity index is 151. The predicted octanol–water partition coefficient (Wildman–Crippen LogP) is 2.75. The van der Waals surface area contributed by atoms with Crippen LogP contribution >= 0.6 is 0 Å². The van der Waals surface area contributed by atoms with Crippen molar-refractivity contribution in [3.05, 3.63) is 12.2 Å². The molecule has 1 heteroatoms. The van der Waals surface area contributed by atoms with E-state index in [2.05, 4.69) is 19.9 Å². The smallest absolute Gasteiger partial charge is 0.0721 e. The molecule has 0 fully saturated rings. The highest BCUT2D eigenvalue weighted by Crippen LogP contribution is 2.25. The first-order chi connectivity index (χ1) is 5.74. The van der Waals surface area contributed by atoms with Gasteiger partial charge in [-0.2, -0.15) is 0 Å². The Morgan fingerprint density at radius 2 is 2.17 bits per heavy atom. The number of aliphatic hydroxyl groups is 1. The number of hydrogen-bond acceptors (Lipinski definition) is 1. The Labute approximate surface area is 75.5 Å². The molecule has 1 aliphatic carbocycles. The van der Waals surface area contributed by atoms with Crippen LogP contribution in [0.2, 0.25) is 0 Å². The molecule has 0 aromatic carbocycles. The maximum atomic E-state index is 9.37. The summed E-state index contributed by atoms with van der Waals surface area (Å²) in [7, 11) is 0. The lowest BCUT2D eigenvalue weighted by molar-refractivity contribution is 0.210. The van der Waals surface area contributed by atoms with Gasteiger partial charge < -0.3 is 5.11 Å². The summed E-state index contributed by atoms with van der Waals surface area (Å²) >= 11 is 0. The zero-order valence-electron chi connectivity index (χ0n) is 8.16. The van der Waals surface area contributed by atoms with Crippen LogP contribution in [-0.2, 0) is 0 Å². The summed E-state index contributed by atoms with van der Waals surface area (Å²) in [5, 5.41) is 9.37. The van der Waals surface area contributed by atoms with Crippen LogP contribution in [-0.4, -0.2) is 11.2 Å². The molecule has 0 aromatic rings. The highest BCUT2D eigenvalue weighted by molar-refractivity contribution is 4.97. The van der Waals surface area contributed by atoms with Gasteiger partial charge in [0.05, 0.1) is 6.10 Å². The van der Waals surface area contributed by atoms with Gasteiger partial charge in [0.1, 0.15) is 0 Å². The standard InChI is InChI=1S/C11H20O/c1-3-9(2)10-5-4-6-11(12)8-7-10/h7-12H,3-6H2,1-2H3/t9-,10+,11+/m0/s1. The molecule has 0 amide bonds. The van der Waals surface area contributed by atoms with Crippen molar-refractivity contribution in [3.63, 3.8) is 0 Å². The summed E-state index contributed by atoms with van der Waals surface area (Å²) in [6.07, 6.45) is 8.62. The summed E-state index contributed by atoms with van der Waals surface area (Å²) < 4.78 is 0. The van der Waals surface area contributed by atoms with Crippen molar-refractivity contribution in [2.45, 2.75) is 45.6 Å². The molecule has 0 saturated heterocycles. The number of allylic oxidation sites excluding steroid dienone is 1. The van der Waals surface area contributed by atoms with Gasteiger partial charge in [0, 0.05) is 0 Å². The van der Waals surface area contributed by atoms with Crippen molar-refractivity contribution in [2.24, 2.45) is 11.8 Å². The van der Waals surface area contributed by atoms with Crippen LogP contribution in [0.25, 0.3) is 0 Å². The van der Waals surface area contributed by atoms with Gasteiger partial charge in [-0.1, -0.05) is 32.4 Å². The van der Waals surface area contributed by atoms with E-state index in [1.807, 2.05) is 6.08 Å². The normalized spacial score (nSPS) is 32.9. The molecule has 1 aliphatic rings. The molecule has 0 heterocycles. The molecular formula is C11H20O. The van der Waals surface area contributed by atoms with Gasteiger partial charge in [-0.05, 0) is 31.1 Å². The van der Waals surface area contributed by atoms with Crippen LogP contribution in [0.3, 0.4) is 0 Å². The minimum absolute atomic E-state index is 0.181. The number of rotatable bonds is 2. The van der Waals surface area contributed by atoms with Crippen LogP contribution in [0.4, 0.5) is 0 Å². The molecule has 3 atom stereocenters. The minimum Gasteiger partial charge on any atom is -0.389 e. The predicted molar refractivity (Wildman–Crippen MR) is 51.9 cm³/mol. The maximum absolute atomic E-state index is 9.37. The van der Waals surface area contributed by atoms with Gasteiger partial charge >= 0.3 is 0 Å². The quantitative estimate of drug-likeness (QED) is 0.629. The second-order valence-corrected chi connectivity index (χ2v) is 3.93. The Morgan fingerprint density at radius 3 is 2.83 bits per heavy atom. The number of aliphatic hydroxyl groups excluding tert-OH is 1. The van der Waals surface area contributed by atoms with Crippen molar-refractivity contribution in [3.8, 4) is 0 Å². The van der Waals surface area contributed by atoms with E-state index in [9.17, 15) is 5.11 Å². The molecule has 1 rings (SSSR count). The van der Waals surface area contributed by atoms with Crippen molar-refractivity contribution < 1.29 is 5.11 Å². The zero-order valence-corrected chi connectivity index (χ0v) is 8.16. The van der Waals surface area contributed by atoms with E-state index in [1.54, 1.807) is 0 Å². The van der Waals surface area contributed by atoms with Crippen molar-refractivity contribution >= 4 is 0 Å². The fourth-order valence-electron chi connectivity index (χ4n) is 1.80. The maximum Gasteiger partial charge on any atom is 0.0721 e. The third-order valence-corrected chi connectivity index (χ3v) is 2.99. The summed E-state index contributed by atoms with van der Waals surface area (Å²) in [5.41, 5.74) is 0. The Balaban J connectivity index is 2.48. The molecular weight excluding hydrogens is 148 g/mol. The first kappa shape index (κ1) is 9.79. The van der Waals surface area contributed by atoms with Gasteiger partial charge in [-0.3, -0.25) is 0 Å². The molecule has 1 N–H and O–H groups in total. The van der Waals surface area contributed by atoms with Crippen LogP contribution < -0.4 is 0 Å². The summed E-state index contributed by atoms with van der Waals surface area (Å²) in [5.74, 6) is 1.47.